The van der Waals surface area contributed by atoms with Crippen molar-refractivity contribution in [3.8, 4) is 0 Å². The molecule has 0 aromatic rings. The summed E-state index contributed by atoms with van der Waals surface area (Å²) in [5.41, 5.74) is 0.874. The average Bonchev–Trinajstić information content (AvgIpc) is 2.83. The van der Waals surface area contributed by atoms with Gasteiger partial charge in [0.25, 0.3) is 0 Å². The molecule has 0 bridgehead atoms. The second kappa shape index (κ2) is 13.1. The van der Waals surface area contributed by atoms with Crippen LogP contribution < -0.4 is 0 Å². The number of thioether (sulfide) groups is 1. The topological polar surface area (TPSA) is 24.9 Å². The maximum atomic E-state index is 5.80. The van der Waals surface area contributed by atoms with Crippen molar-refractivity contribution in [1.82, 2.24) is 9.80 Å². The highest BCUT2D eigenvalue weighted by molar-refractivity contribution is 7.99. The summed E-state index contributed by atoms with van der Waals surface area (Å²) in [6.45, 7) is 30.0. The molecule has 2 saturated heterocycles. The van der Waals surface area contributed by atoms with E-state index in [1.165, 1.54) is 43.6 Å². The number of morpholine rings is 2. The van der Waals surface area contributed by atoms with Gasteiger partial charge >= 0.3 is 0 Å². The van der Waals surface area contributed by atoms with Gasteiger partial charge < -0.3 is 9.47 Å². The number of nitrogens with zero attached hydrogens (tertiary/aromatic N) is 2. The van der Waals surface area contributed by atoms with Gasteiger partial charge in [0.1, 0.15) is 0 Å². The zero-order valence-corrected chi connectivity index (χ0v) is 25.1. The summed E-state index contributed by atoms with van der Waals surface area (Å²) in [4.78, 5) is 5.62. The molecule has 2 heterocycles. The van der Waals surface area contributed by atoms with Gasteiger partial charge in [-0.15, -0.1) is 0 Å². The number of hydrogen-bond acceptors (Lipinski definition) is 5. The fraction of sp³-hybridized carbons (Fsp3) is 1.00. The van der Waals surface area contributed by atoms with E-state index in [0.717, 1.165) is 52.6 Å². The van der Waals surface area contributed by atoms with E-state index in [-0.39, 0.29) is 21.9 Å². The fourth-order valence-corrected chi connectivity index (χ4v) is 8.96. The van der Waals surface area contributed by atoms with E-state index in [1.54, 1.807) is 0 Å². The third-order valence-corrected chi connectivity index (χ3v) is 11.2. The molecule has 0 N–H and O–H groups in total. The minimum absolute atomic E-state index is 0.191. The van der Waals surface area contributed by atoms with Crippen molar-refractivity contribution in [2.75, 3.05) is 64.1 Å². The first-order valence-corrected chi connectivity index (χ1v) is 15.4. The second-order valence-corrected chi connectivity index (χ2v) is 13.5. The Morgan fingerprint density at radius 3 is 1.65 bits per heavy atom. The molecule has 2 fully saturated rings. The van der Waals surface area contributed by atoms with Gasteiger partial charge in [-0.2, -0.15) is 11.8 Å². The molecular weight excluding hydrogens is 440 g/mol. The summed E-state index contributed by atoms with van der Waals surface area (Å²) < 4.78 is 11.6. The molecule has 0 saturated carbocycles. The lowest BCUT2D eigenvalue weighted by Crippen LogP contribution is -2.65. The predicted octanol–water partition coefficient (Wildman–Crippen LogP) is 6.58. The van der Waals surface area contributed by atoms with Crippen LogP contribution in [0.1, 0.15) is 94.4 Å². The van der Waals surface area contributed by atoms with Crippen LogP contribution in [0.3, 0.4) is 0 Å². The third-order valence-electron chi connectivity index (χ3n) is 9.88. The molecule has 2 rings (SSSR count). The van der Waals surface area contributed by atoms with Crippen LogP contribution >= 0.6 is 11.8 Å². The first-order chi connectivity index (χ1) is 16.0. The molecule has 5 heteroatoms. The highest BCUT2D eigenvalue weighted by Gasteiger charge is 2.52. The van der Waals surface area contributed by atoms with Gasteiger partial charge in [-0.05, 0) is 29.6 Å². The Hall–Kier alpha value is 0.190. The van der Waals surface area contributed by atoms with Crippen molar-refractivity contribution in [3.63, 3.8) is 0 Å². The van der Waals surface area contributed by atoms with Gasteiger partial charge in [0.2, 0.25) is 0 Å². The Balaban J connectivity index is 2.36. The van der Waals surface area contributed by atoms with Crippen LogP contribution in [0.15, 0.2) is 0 Å². The SMILES string of the molecule is CCCCC(CSCC(CC)(N1CCOCC1)C(C)(C)C(C)CC)(N1CCOCC1)C(C)(C)C. The summed E-state index contributed by atoms with van der Waals surface area (Å²) in [5, 5.41) is 0. The Morgan fingerprint density at radius 2 is 1.24 bits per heavy atom. The Bertz CT molecular complexity index is 581. The molecule has 3 atom stereocenters. The largest absolute Gasteiger partial charge is 0.379 e. The number of ether oxygens (including phenoxy) is 2. The van der Waals surface area contributed by atoms with Crippen molar-refractivity contribution in [2.45, 2.75) is 105 Å². The van der Waals surface area contributed by atoms with E-state index in [1.807, 2.05) is 0 Å². The number of hydrogen-bond donors (Lipinski definition) is 0. The second-order valence-electron chi connectivity index (χ2n) is 12.5. The fourth-order valence-electron chi connectivity index (χ4n) is 6.66. The van der Waals surface area contributed by atoms with E-state index in [0.29, 0.717) is 5.92 Å². The highest BCUT2D eigenvalue weighted by Crippen LogP contribution is 2.49. The minimum Gasteiger partial charge on any atom is -0.379 e. The van der Waals surface area contributed by atoms with Crippen molar-refractivity contribution in [3.05, 3.63) is 0 Å². The number of unbranched alkanes of at least 4 members (excludes halogenated alkanes) is 1. The van der Waals surface area contributed by atoms with Crippen molar-refractivity contribution < 1.29 is 9.47 Å². The summed E-state index contributed by atoms with van der Waals surface area (Å²) >= 11 is 2.25. The van der Waals surface area contributed by atoms with Gasteiger partial charge in [0, 0.05) is 48.8 Å². The zero-order chi connectivity index (χ0) is 25.5. The van der Waals surface area contributed by atoms with Gasteiger partial charge in [-0.1, -0.05) is 81.6 Å². The van der Waals surface area contributed by atoms with Crippen LogP contribution in [-0.4, -0.2) is 85.0 Å². The summed E-state index contributed by atoms with van der Waals surface area (Å²) in [7, 11) is 0. The molecule has 0 aromatic heterocycles. The van der Waals surface area contributed by atoms with Gasteiger partial charge in [-0.25, -0.2) is 0 Å². The first kappa shape index (κ1) is 30.4. The molecule has 0 aliphatic carbocycles. The Morgan fingerprint density at radius 1 is 0.765 bits per heavy atom. The maximum absolute atomic E-state index is 5.80. The Labute approximate surface area is 217 Å². The van der Waals surface area contributed by atoms with E-state index < -0.39 is 0 Å². The molecule has 3 unspecified atom stereocenters. The molecule has 0 radical (unpaired) electrons. The van der Waals surface area contributed by atoms with Crippen LogP contribution in [0, 0.1) is 16.7 Å². The van der Waals surface area contributed by atoms with Gasteiger partial charge in [-0.3, -0.25) is 9.80 Å². The van der Waals surface area contributed by atoms with E-state index in [4.69, 9.17) is 9.47 Å². The molecule has 2 aliphatic rings. The number of rotatable bonds is 13. The van der Waals surface area contributed by atoms with Gasteiger partial charge in [0.15, 0.2) is 0 Å². The van der Waals surface area contributed by atoms with Crippen molar-refractivity contribution >= 4 is 11.8 Å². The smallest absolute Gasteiger partial charge is 0.0594 e. The summed E-state index contributed by atoms with van der Waals surface area (Å²) in [6, 6.07) is 0. The quantitative estimate of drug-likeness (QED) is 0.286. The lowest BCUT2D eigenvalue weighted by atomic mass is 9.62. The standard InChI is InChI=1S/C29H58N2O2S/c1-10-13-14-29(26(5,6)7,31-17-21-33-22-18-31)24-34-23-28(12-3,27(8,9)25(4)11-2)30-15-19-32-20-16-30/h25H,10-24H2,1-9H3. The molecule has 0 aromatic carbocycles. The average molecular weight is 499 g/mol. The van der Waals surface area contributed by atoms with E-state index in [9.17, 15) is 0 Å². The first-order valence-electron chi connectivity index (χ1n) is 14.3. The molecule has 0 amide bonds. The van der Waals surface area contributed by atoms with Crippen LogP contribution in [0.5, 0.6) is 0 Å². The van der Waals surface area contributed by atoms with Crippen LogP contribution in [0.25, 0.3) is 0 Å². The molecule has 4 nitrogen and oxygen atoms in total. The van der Waals surface area contributed by atoms with Crippen LogP contribution in [0.4, 0.5) is 0 Å². The van der Waals surface area contributed by atoms with E-state index >= 15 is 0 Å². The third kappa shape index (κ3) is 6.36. The zero-order valence-electron chi connectivity index (χ0n) is 24.3. The van der Waals surface area contributed by atoms with Crippen molar-refractivity contribution in [2.24, 2.45) is 16.7 Å². The monoisotopic (exact) mass is 498 g/mol. The lowest BCUT2D eigenvalue weighted by Gasteiger charge is -2.58. The minimum atomic E-state index is 0.191. The summed E-state index contributed by atoms with van der Waals surface area (Å²) in [6.07, 6.45) is 6.29. The lowest BCUT2D eigenvalue weighted by molar-refractivity contribution is -0.0825. The van der Waals surface area contributed by atoms with Crippen molar-refractivity contribution in [1.29, 1.82) is 0 Å². The van der Waals surface area contributed by atoms with Crippen LogP contribution in [0.2, 0.25) is 0 Å². The molecule has 34 heavy (non-hydrogen) atoms. The molecule has 2 aliphatic heterocycles. The maximum Gasteiger partial charge on any atom is 0.0594 e. The highest BCUT2D eigenvalue weighted by atomic mass is 32.2. The van der Waals surface area contributed by atoms with Crippen LogP contribution in [-0.2, 0) is 9.47 Å². The van der Waals surface area contributed by atoms with Gasteiger partial charge in [0.05, 0.1) is 26.4 Å². The molecule has 0 spiro atoms. The molecule has 202 valence electrons. The normalized spacial score (nSPS) is 23.9. The Kier molecular flexibility index (Phi) is 11.7. The summed E-state index contributed by atoms with van der Waals surface area (Å²) in [5.74, 6) is 3.09. The van der Waals surface area contributed by atoms with E-state index in [2.05, 4.69) is 83.9 Å². The molecular formula is C29H58N2O2S. The predicted molar refractivity (Wildman–Crippen MR) is 150 cm³/mol.